The first-order chi connectivity index (χ1) is 7.58. The van der Waals surface area contributed by atoms with Gasteiger partial charge in [0.05, 0.1) is 0 Å². The molecule has 1 unspecified atom stereocenters. The number of rotatable bonds is 5. The van der Waals surface area contributed by atoms with Crippen molar-refractivity contribution in [2.45, 2.75) is 17.4 Å². The minimum Gasteiger partial charge on any atom is -0.480 e. The van der Waals surface area contributed by atoms with E-state index in [1.165, 1.54) is 0 Å². The standard InChI is InChI=1S/C11H16N2O2S/c1-13-9(11(14)15)5-7-3-4-8(12)10(6-7)16-2/h3-4,6,9,13H,5,12H2,1-2H3,(H,14,15). The number of anilines is 1. The maximum atomic E-state index is 10.9. The highest BCUT2D eigenvalue weighted by atomic mass is 32.2. The number of benzene rings is 1. The van der Waals surface area contributed by atoms with Gasteiger partial charge < -0.3 is 16.2 Å². The minimum absolute atomic E-state index is 0.458. The highest BCUT2D eigenvalue weighted by Gasteiger charge is 2.15. The van der Waals surface area contributed by atoms with Crippen molar-refractivity contribution < 1.29 is 9.90 Å². The number of carboxylic acids is 1. The van der Waals surface area contributed by atoms with E-state index in [9.17, 15) is 4.79 Å². The molecule has 1 aromatic rings. The summed E-state index contributed by atoms with van der Waals surface area (Å²) >= 11 is 1.56. The first kappa shape index (κ1) is 12.9. The SMILES string of the molecule is CNC(Cc1ccc(N)c(SC)c1)C(=O)O. The Kier molecular flexibility index (Phi) is 4.64. The van der Waals surface area contributed by atoms with Crippen LogP contribution in [0.5, 0.6) is 0 Å². The number of nitrogens with one attached hydrogen (secondary N) is 1. The molecule has 0 aliphatic heterocycles. The number of nitrogens with two attached hydrogens (primary N) is 1. The van der Waals surface area contributed by atoms with Gasteiger partial charge in [0.2, 0.25) is 0 Å². The van der Waals surface area contributed by atoms with Crippen LogP contribution in [0, 0.1) is 0 Å². The molecule has 1 aromatic carbocycles. The molecule has 0 saturated heterocycles. The number of carboxylic acid groups (broad SMARTS) is 1. The molecule has 0 fully saturated rings. The summed E-state index contributed by atoms with van der Waals surface area (Å²) in [6, 6.07) is 5.06. The zero-order valence-electron chi connectivity index (χ0n) is 9.36. The van der Waals surface area contributed by atoms with Crippen LogP contribution in [0.4, 0.5) is 5.69 Å². The molecular weight excluding hydrogens is 224 g/mol. The lowest BCUT2D eigenvalue weighted by Crippen LogP contribution is -2.35. The molecule has 0 aromatic heterocycles. The number of thioether (sulfide) groups is 1. The average molecular weight is 240 g/mol. The summed E-state index contributed by atoms with van der Waals surface area (Å²) in [6.07, 6.45) is 2.40. The number of hydrogen-bond donors (Lipinski definition) is 3. The number of likely N-dealkylation sites (N-methyl/N-ethyl adjacent to an activating group) is 1. The summed E-state index contributed by atoms with van der Waals surface area (Å²) in [5.74, 6) is -0.843. The molecule has 16 heavy (non-hydrogen) atoms. The third-order valence-corrected chi connectivity index (χ3v) is 3.18. The number of hydrogen-bond acceptors (Lipinski definition) is 4. The van der Waals surface area contributed by atoms with Crippen molar-refractivity contribution in [3.63, 3.8) is 0 Å². The number of nitrogen functional groups attached to an aromatic ring is 1. The van der Waals surface area contributed by atoms with E-state index in [0.717, 1.165) is 16.1 Å². The predicted octanol–water partition coefficient (Wildman–Crippen LogP) is 1.21. The molecule has 0 aliphatic rings. The van der Waals surface area contributed by atoms with Gasteiger partial charge in [-0.15, -0.1) is 11.8 Å². The van der Waals surface area contributed by atoms with Crippen LogP contribution >= 0.6 is 11.8 Å². The van der Waals surface area contributed by atoms with Gasteiger partial charge in [0.15, 0.2) is 0 Å². The monoisotopic (exact) mass is 240 g/mol. The topological polar surface area (TPSA) is 75.3 Å². The second-order valence-corrected chi connectivity index (χ2v) is 4.31. The molecule has 88 valence electrons. The van der Waals surface area contributed by atoms with Gasteiger partial charge >= 0.3 is 5.97 Å². The van der Waals surface area contributed by atoms with Crippen LogP contribution in [0.1, 0.15) is 5.56 Å². The van der Waals surface area contributed by atoms with Crippen LogP contribution in [-0.2, 0) is 11.2 Å². The van der Waals surface area contributed by atoms with Crippen LogP contribution in [0.15, 0.2) is 23.1 Å². The van der Waals surface area contributed by atoms with Crippen LogP contribution < -0.4 is 11.1 Å². The normalized spacial score (nSPS) is 12.4. The second kappa shape index (κ2) is 5.77. The highest BCUT2D eigenvalue weighted by molar-refractivity contribution is 7.98. The Morgan fingerprint density at radius 3 is 2.81 bits per heavy atom. The lowest BCUT2D eigenvalue weighted by Gasteiger charge is -2.12. The highest BCUT2D eigenvalue weighted by Crippen LogP contribution is 2.24. The van der Waals surface area contributed by atoms with Crippen molar-refractivity contribution in [1.82, 2.24) is 5.32 Å². The molecule has 4 nitrogen and oxygen atoms in total. The van der Waals surface area contributed by atoms with Gasteiger partial charge in [-0.3, -0.25) is 4.79 Å². The number of aliphatic carboxylic acids is 1. The maximum absolute atomic E-state index is 10.9. The average Bonchev–Trinajstić information content (AvgIpc) is 2.27. The van der Waals surface area contributed by atoms with Crippen molar-refractivity contribution in [3.8, 4) is 0 Å². The van der Waals surface area contributed by atoms with Crippen molar-refractivity contribution >= 4 is 23.4 Å². The van der Waals surface area contributed by atoms with Crippen LogP contribution in [0.2, 0.25) is 0 Å². The summed E-state index contributed by atoms with van der Waals surface area (Å²) in [6.45, 7) is 0. The van der Waals surface area contributed by atoms with Crippen LogP contribution in [-0.4, -0.2) is 30.4 Å². The van der Waals surface area contributed by atoms with E-state index in [4.69, 9.17) is 10.8 Å². The molecule has 0 amide bonds. The Balaban J connectivity index is 2.84. The summed E-state index contributed by atoms with van der Waals surface area (Å²) in [5.41, 5.74) is 7.47. The van der Waals surface area contributed by atoms with Gasteiger partial charge in [0.1, 0.15) is 6.04 Å². The third-order valence-electron chi connectivity index (χ3n) is 2.38. The summed E-state index contributed by atoms with van der Waals surface area (Å²) in [7, 11) is 1.64. The summed E-state index contributed by atoms with van der Waals surface area (Å²) in [4.78, 5) is 11.8. The van der Waals surface area contributed by atoms with Gasteiger partial charge in [-0.25, -0.2) is 0 Å². The zero-order chi connectivity index (χ0) is 12.1. The van der Waals surface area contributed by atoms with Crippen LogP contribution in [0.25, 0.3) is 0 Å². The minimum atomic E-state index is -0.843. The van der Waals surface area contributed by atoms with Crippen molar-refractivity contribution in [3.05, 3.63) is 23.8 Å². The zero-order valence-corrected chi connectivity index (χ0v) is 10.2. The quantitative estimate of drug-likeness (QED) is 0.533. The van der Waals surface area contributed by atoms with Crippen molar-refractivity contribution in [2.75, 3.05) is 19.0 Å². The van der Waals surface area contributed by atoms with Gasteiger partial charge in [0.25, 0.3) is 0 Å². The third kappa shape index (κ3) is 3.15. The fourth-order valence-electron chi connectivity index (χ4n) is 1.43. The predicted molar refractivity (Wildman–Crippen MR) is 66.8 cm³/mol. The second-order valence-electron chi connectivity index (χ2n) is 3.46. The lowest BCUT2D eigenvalue weighted by atomic mass is 10.1. The molecule has 4 N–H and O–H groups in total. The lowest BCUT2D eigenvalue weighted by molar-refractivity contribution is -0.139. The molecule has 0 aliphatic carbocycles. The van der Waals surface area contributed by atoms with E-state index in [-0.39, 0.29) is 0 Å². The summed E-state index contributed by atoms with van der Waals surface area (Å²) < 4.78 is 0. The smallest absolute Gasteiger partial charge is 0.321 e. The van der Waals surface area contributed by atoms with E-state index in [1.54, 1.807) is 18.8 Å². The Bertz CT molecular complexity index is 382. The Labute approximate surface area is 99.2 Å². The van der Waals surface area contributed by atoms with Gasteiger partial charge in [-0.05, 0) is 37.4 Å². The first-order valence-corrected chi connectivity index (χ1v) is 6.13. The number of carbonyl (C=O) groups is 1. The molecule has 0 spiro atoms. The fraction of sp³-hybridized carbons (Fsp3) is 0.364. The molecule has 1 atom stereocenters. The molecule has 5 heteroatoms. The van der Waals surface area contributed by atoms with E-state index >= 15 is 0 Å². The first-order valence-electron chi connectivity index (χ1n) is 4.91. The maximum Gasteiger partial charge on any atom is 0.321 e. The molecule has 0 radical (unpaired) electrons. The molecule has 0 heterocycles. The summed E-state index contributed by atoms with van der Waals surface area (Å²) in [5, 5.41) is 11.7. The Morgan fingerprint density at radius 2 is 2.31 bits per heavy atom. The van der Waals surface area contributed by atoms with Gasteiger partial charge in [-0.1, -0.05) is 6.07 Å². The van der Waals surface area contributed by atoms with E-state index in [0.29, 0.717) is 6.42 Å². The van der Waals surface area contributed by atoms with E-state index in [1.807, 2.05) is 24.5 Å². The van der Waals surface area contributed by atoms with Crippen molar-refractivity contribution in [2.24, 2.45) is 0 Å². The van der Waals surface area contributed by atoms with E-state index < -0.39 is 12.0 Å². The Morgan fingerprint density at radius 1 is 1.62 bits per heavy atom. The largest absolute Gasteiger partial charge is 0.480 e. The van der Waals surface area contributed by atoms with Gasteiger partial charge in [0, 0.05) is 10.6 Å². The van der Waals surface area contributed by atoms with E-state index in [2.05, 4.69) is 5.32 Å². The molecular formula is C11H16N2O2S. The Hall–Kier alpha value is -1.20. The molecule has 1 rings (SSSR count). The molecule has 0 saturated carbocycles. The molecule has 0 bridgehead atoms. The van der Waals surface area contributed by atoms with Gasteiger partial charge in [-0.2, -0.15) is 0 Å². The van der Waals surface area contributed by atoms with Crippen LogP contribution in [0.3, 0.4) is 0 Å². The fourth-order valence-corrected chi connectivity index (χ4v) is 2.00. The van der Waals surface area contributed by atoms with Crippen molar-refractivity contribution in [1.29, 1.82) is 0 Å².